The van der Waals surface area contributed by atoms with Crippen LogP contribution in [0.15, 0.2) is 18.2 Å². The number of carbonyl (C=O) groups is 1. The van der Waals surface area contributed by atoms with E-state index in [2.05, 4.69) is 24.5 Å². The van der Waals surface area contributed by atoms with Crippen molar-refractivity contribution in [2.75, 3.05) is 13.2 Å². The van der Waals surface area contributed by atoms with E-state index in [9.17, 15) is 4.79 Å². The molecule has 1 rings (SSSR count). The van der Waals surface area contributed by atoms with Gasteiger partial charge >= 0.3 is 0 Å². The molecule has 24 heavy (non-hydrogen) atoms. The molecule has 5 heteroatoms. The van der Waals surface area contributed by atoms with Gasteiger partial charge in [0.15, 0.2) is 18.1 Å². The van der Waals surface area contributed by atoms with Crippen molar-refractivity contribution in [3.63, 3.8) is 0 Å². The van der Waals surface area contributed by atoms with Gasteiger partial charge in [-0.3, -0.25) is 4.79 Å². The molecule has 136 valence electrons. The zero-order valence-corrected chi connectivity index (χ0v) is 15.9. The van der Waals surface area contributed by atoms with Gasteiger partial charge in [0, 0.05) is 18.1 Å². The molecule has 0 fully saturated rings. The van der Waals surface area contributed by atoms with Crippen molar-refractivity contribution in [2.45, 2.75) is 66.1 Å². The largest absolute Gasteiger partial charge is 0.490 e. The molecule has 5 nitrogen and oxygen atoms in total. The van der Waals surface area contributed by atoms with Gasteiger partial charge in [0.05, 0.1) is 6.61 Å². The summed E-state index contributed by atoms with van der Waals surface area (Å²) >= 11 is 0. The molecule has 1 atom stereocenters. The summed E-state index contributed by atoms with van der Waals surface area (Å²) in [4.78, 5) is 11.9. The standard InChI is InChI=1S/C19H32N2O3/c1-7-14(3)20-12-15-9-10-16(17(11-15)23-8-2)24-13-18(22)21-19(4,5)6/h9-11,14,20H,7-8,12-13H2,1-6H3,(H,21,22)/t14-/m0/s1. The molecule has 0 heterocycles. The number of ether oxygens (including phenoxy) is 2. The van der Waals surface area contributed by atoms with Gasteiger partial charge in [-0.05, 0) is 58.7 Å². The summed E-state index contributed by atoms with van der Waals surface area (Å²) in [6.45, 7) is 13.4. The van der Waals surface area contributed by atoms with Crippen LogP contribution in [0.3, 0.4) is 0 Å². The molecule has 0 aromatic heterocycles. The Morgan fingerprint density at radius 2 is 1.88 bits per heavy atom. The van der Waals surface area contributed by atoms with E-state index in [-0.39, 0.29) is 18.1 Å². The first-order chi connectivity index (χ1) is 11.2. The predicted molar refractivity (Wildman–Crippen MR) is 97.6 cm³/mol. The second-order valence-electron chi connectivity index (χ2n) is 6.99. The maximum absolute atomic E-state index is 11.9. The van der Waals surface area contributed by atoms with Crippen molar-refractivity contribution in [1.82, 2.24) is 10.6 Å². The lowest BCUT2D eigenvalue weighted by Gasteiger charge is -2.21. The summed E-state index contributed by atoms with van der Waals surface area (Å²) in [5.41, 5.74) is 0.861. The highest BCUT2D eigenvalue weighted by Crippen LogP contribution is 2.28. The van der Waals surface area contributed by atoms with Crippen molar-refractivity contribution >= 4 is 5.91 Å². The van der Waals surface area contributed by atoms with Crippen LogP contribution < -0.4 is 20.1 Å². The number of rotatable bonds is 9. The van der Waals surface area contributed by atoms with E-state index in [1.54, 1.807) is 0 Å². The Morgan fingerprint density at radius 3 is 2.46 bits per heavy atom. The minimum absolute atomic E-state index is 0.0260. The Labute approximate surface area is 146 Å². The Bertz CT molecular complexity index is 524. The average Bonchev–Trinajstić information content (AvgIpc) is 2.50. The van der Waals surface area contributed by atoms with Crippen LogP contribution in [0.5, 0.6) is 11.5 Å². The Hall–Kier alpha value is -1.75. The topological polar surface area (TPSA) is 59.6 Å². The Balaban J connectivity index is 2.71. The molecule has 1 amide bonds. The highest BCUT2D eigenvalue weighted by atomic mass is 16.5. The van der Waals surface area contributed by atoms with Crippen LogP contribution in [0.4, 0.5) is 0 Å². The number of carbonyl (C=O) groups excluding carboxylic acids is 1. The van der Waals surface area contributed by atoms with Crippen LogP contribution in [-0.2, 0) is 11.3 Å². The van der Waals surface area contributed by atoms with Gasteiger partial charge < -0.3 is 20.1 Å². The average molecular weight is 336 g/mol. The third-order valence-electron chi connectivity index (χ3n) is 3.45. The zero-order chi connectivity index (χ0) is 18.2. The molecule has 0 radical (unpaired) electrons. The van der Waals surface area contributed by atoms with Gasteiger partial charge in [0.1, 0.15) is 0 Å². The molecular weight excluding hydrogens is 304 g/mol. The quantitative estimate of drug-likeness (QED) is 0.727. The lowest BCUT2D eigenvalue weighted by Crippen LogP contribution is -2.43. The number of amides is 1. The van der Waals surface area contributed by atoms with E-state index in [0.29, 0.717) is 24.1 Å². The van der Waals surface area contributed by atoms with E-state index >= 15 is 0 Å². The smallest absolute Gasteiger partial charge is 0.258 e. The molecule has 0 bridgehead atoms. The highest BCUT2D eigenvalue weighted by molar-refractivity contribution is 5.78. The molecule has 2 N–H and O–H groups in total. The van der Waals surface area contributed by atoms with E-state index in [1.165, 1.54) is 0 Å². The number of hydrogen-bond acceptors (Lipinski definition) is 4. The van der Waals surface area contributed by atoms with E-state index in [1.807, 2.05) is 45.9 Å². The predicted octanol–water partition coefficient (Wildman–Crippen LogP) is 3.27. The minimum Gasteiger partial charge on any atom is -0.490 e. The molecule has 0 saturated heterocycles. The first-order valence-electron chi connectivity index (χ1n) is 8.68. The Kier molecular flexibility index (Phi) is 8.05. The minimum atomic E-state index is -0.269. The summed E-state index contributed by atoms with van der Waals surface area (Å²) < 4.78 is 11.3. The van der Waals surface area contributed by atoms with Gasteiger partial charge in [-0.2, -0.15) is 0 Å². The van der Waals surface area contributed by atoms with E-state index < -0.39 is 0 Å². The summed E-state index contributed by atoms with van der Waals surface area (Å²) in [7, 11) is 0. The fourth-order valence-corrected chi connectivity index (χ4v) is 2.08. The summed E-state index contributed by atoms with van der Waals surface area (Å²) in [6, 6.07) is 6.30. The third kappa shape index (κ3) is 7.68. The molecular formula is C19H32N2O3. The summed E-state index contributed by atoms with van der Waals surface area (Å²) in [6.07, 6.45) is 1.09. The fraction of sp³-hybridized carbons (Fsp3) is 0.632. The van der Waals surface area contributed by atoms with Gasteiger partial charge in [-0.15, -0.1) is 0 Å². The van der Waals surface area contributed by atoms with Crippen molar-refractivity contribution < 1.29 is 14.3 Å². The van der Waals surface area contributed by atoms with Crippen LogP contribution in [-0.4, -0.2) is 30.7 Å². The van der Waals surface area contributed by atoms with E-state index in [0.717, 1.165) is 18.5 Å². The molecule has 0 aliphatic carbocycles. The second kappa shape index (κ2) is 9.52. The van der Waals surface area contributed by atoms with Crippen LogP contribution in [0.25, 0.3) is 0 Å². The van der Waals surface area contributed by atoms with Crippen LogP contribution in [0, 0.1) is 0 Å². The van der Waals surface area contributed by atoms with Crippen molar-refractivity contribution in [3.8, 4) is 11.5 Å². The summed E-state index contributed by atoms with van der Waals surface area (Å²) in [5.74, 6) is 1.12. The fourth-order valence-electron chi connectivity index (χ4n) is 2.08. The normalized spacial score (nSPS) is 12.6. The van der Waals surface area contributed by atoms with Crippen molar-refractivity contribution in [3.05, 3.63) is 23.8 Å². The number of hydrogen-bond donors (Lipinski definition) is 2. The van der Waals surface area contributed by atoms with Gasteiger partial charge in [0.2, 0.25) is 0 Å². The lowest BCUT2D eigenvalue weighted by atomic mass is 10.1. The monoisotopic (exact) mass is 336 g/mol. The maximum Gasteiger partial charge on any atom is 0.258 e. The molecule has 0 saturated carbocycles. The molecule has 1 aromatic carbocycles. The number of nitrogens with one attached hydrogen (secondary N) is 2. The van der Waals surface area contributed by atoms with Gasteiger partial charge in [-0.1, -0.05) is 13.0 Å². The van der Waals surface area contributed by atoms with Gasteiger partial charge in [0.25, 0.3) is 5.91 Å². The zero-order valence-electron chi connectivity index (χ0n) is 15.9. The summed E-state index contributed by atoms with van der Waals surface area (Å²) in [5, 5.41) is 6.33. The number of benzene rings is 1. The van der Waals surface area contributed by atoms with Crippen LogP contribution in [0.2, 0.25) is 0 Å². The molecule has 0 aliphatic heterocycles. The molecule has 1 aromatic rings. The lowest BCUT2D eigenvalue weighted by molar-refractivity contribution is -0.124. The third-order valence-corrected chi connectivity index (χ3v) is 3.45. The van der Waals surface area contributed by atoms with Crippen LogP contribution >= 0.6 is 0 Å². The molecule has 0 unspecified atom stereocenters. The molecule has 0 aliphatic rings. The Morgan fingerprint density at radius 1 is 1.17 bits per heavy atom. The van der Waals surface area contributed by atoms with Crippen molar-refractivity contribution in [2.24, 2.45) is 0 Å². The highest BCUT2D eigenvalue weighted by Gasteiger charge is 2.15. The first kappa shape index (κ1) is 20.3. The van der Waals surface area contributed by atoms with Crippen molar-refractivity contribution in [1.29, 1.82) is 0 Å². The van der Waals surface area contributed by atoms with E-state index in [4.69, 9.17) is 9.47 Å². The van der Waals surface area contributed by atoms with Gasteiger partial charge in [-0.25, -0.2) is 0 Å². The first-order valence-corrected chi connectivity index (χ1v) is 8.68. The molecule has 0 spiro atoms. The second-order valence-corrected chi connectivity index (χ2v) is 6.99. The SMILES string of the molecule is CCOc1cc(CN[C@@H](C)CC)ccc1OCC(=O)NC(C)(C)C. The van der Waals surface area contributed by atoms with Crippen LogP contribution in [0.1, 0.15) is 53.5 Å². The maximum atomic E-state index is 11.9.